The van der Waals surface area contributed by atoms with Crippen molar-refractivity contribution in [2.45, 2.75) is 45.9 Å². The highest BCUT2D eigenvalue weighted by atomic mass is 79.9. The van der Waals surface area contributed by atoms with Gasteiger partial charge in [-0.2, -0.15) is 0 Å². The van der Waals surface area contributed by atoms with E-state index in [1.165, 1.54) is 4.88 Å². The summed E-state index contributed by atoms with van der Waals surface area (Å²) >= 11 is 5.25. The van der Waals surface area contributed by atoms with Gasteiger partial charge < -0.3 is 9.64 Å². The molecule has 1 aromatic heterocycles. The number of hydrogen-bond acceptors (Lipinski definition) is 4. The molecule has 6 heteroatoms. The van der Waals surface area contributed by atoms with Gasteiger partial charge in [0.1, 0.15) is 5.60 Å². The third-order valence-electron chi connectivity index (χ3n) is 3.34. The van der Waals surface area contributed by atoms with Crippen molar-refractivity contribution in [3.8, 4) is 0 Å². The maximum absolute atomic E-state index is 12.2. The lowest BCUT2D eigenvalue weighted by atomic mass is 10.2. The van der Waals surface area contributed by atoms with Crippen molar-refractivity contribution >= 4 is 33.4 Å². The number of carbonyl (C=O) groups is 1. The fourth-order valence-corrected chi connectivity index (χ4v) is 3.92. The molecule has 1 aromatic rings. The molecule has 1 aliphatic heterocycles. The molecule has 0 spiro atoms. The van der Waals surface area contributed by atoms with E-state index in [0.29, 0.717) is 0 Å². The highest BCUT2D eigenvalue weighted by Gasteiger charge is 2.30. The van der Waals surface area contributed by atoms with Crippen LogP contribution in [0.25, 0.3) is 0 Å². The Labute approximate surface area is 139 Å². The summed E-state index contributed by atoms with van der Waals surface area (Å²) in [6.07, 6.45) is -0.200. The molecule has 0 N–H and O–H groups in total. The first-order valence-electron chi connectivity index (χ1n) is 7.19. The van der Waals surface area contributed by atoms with Crippen LogP contribution in [0.5, 0.6) is 0 Å². The maximum atomic E-state index is 12.2. The van der Waals surface area contributed by atoms with Crippen LogP contribution in [0.15, 0.2) is 15.9 Å². The Bertz CT molecular complexity index is 498. The van der Waals surface area contributed by atoms with E-state index in [-0.39, 0.29) is 12.1 Å². The van der Waals surface area contributed by atoms with Crippen molar-refractivity contribution < 1.29 is 9.53 Å². The first-order chi connectivity index (χ1) is 9.74. The van der Waals surface area contributed by atoms with Crippen LogP contribution < -0.4 is 0 Å². The minimum atomic E-state index is -0.433. The minimum Gasteiger partial charge on any atom is -0.444 e. The summed E-state index contributed by atoms with van der Waals surface area (Å²) in [5, 5.41) is 2.11. The molecule has 1 aliphatic rings. The van der Waals surface area contributed by atoms with Gasteiger partial charge in [0.15, 0.2) is 0 Å². The molecule has 1 saturated heterocycles. The summed E-state index contributed by atoms with van der Waals surface area (Å²) in [7, 11) is 0. The highest BCUT2D eigenvalue weighted by molar-refractivity contribution is 9.10. The number of carbonyl (C=O) groups excluding carboxylic acids is 1. The third kappa shape index (κ3) is 4.97. The van der Waals surface area contributed by atoms with Gasteiger partial charge in [-0.3, -0.25) is 4.90 Å². The van der Waals surface area contributed by atoms with Crippen LogP contribution in [-0.4, -0.2) is 47.2 Å². The van der Waals surface area contributed by atoms with Crippen molar-refractivity contribution in [1.29, 1.82) is 0 Å². The van der Waals surface area contributed by atoms with E-state index in [0.717, 1.165) is 30.7 Å². The molecule has 0 bridgehead atoms. The second kappa shape index (κ2) is 6.67. The molecule has 0 aromatic carbocycles. The summed E-state index contributed by atoms with van der Waals surface area (Å²) in [6.45, 7) is 11.2. The van der Waals surface area contributed by atoms with Crippen LogP contribution in [-0.2, 0) is 11.3 Å². The topological polar surface area (TPSA) is 32.8 Å². The maximum Gasteiger partial charge on any atom is 0.410 e. The average molecular weight is 375 g/mol. The predicted octanol–water partition coefficient (Wildman–Crippen LogP) is 3.95. The van der Waals surface area contributed by atoms with Gasteiger partial charge in [0.25, 0.3) is 0 Å². The van der Waals surface area contributed by atoms with E-state index in [2.05, 4.69) is 39.2 Å². The lowest BCUT2D eigenvalue weighted by Crippen LogP contribution is -2.54. The van der Waals surface area contributed by atoms with Gasteiger partial charge in [0.05, 0.1) is 0 Å². The van der Waals surface area contributed by atoms with Crippen LogP contribution in [0, 0.1) is 0 Å². The number of amides is 1. The Morgan fingerprint density at radius 2 is 2.19 bits per heavy atom. The minimum absolute atomic E-state index is 0.178. The largest absolute Gasteiger partial charge is 0.444 e. The van der Waals surface area contributed by atoms with Gasteiger partial charge >= 0.3 is 6.09 Å². The van der Waals surface area contributed by atoms with Gasteiger partial charge in [-0.15, -0.1) is 11.3 Å². The van der Waals surface area contributed by atoms with Crippen molar-refractivity contribution in [2.24, 2.45) is 0 Å². The monoisotopic (exact) mass is 374 g/mol. The summed E-state index contributed by atoms with van der Waals surface area (Å²) in [6, 6.07) is 2.34. The van der Waals surface area contributed by atoms with Crippen molar-refractivity contribution in [1.82, 2.24) is 9.80 Å². The first-order valence-corrected chi connectivity index (χ1v) is 8.87. The molecule has 2 heterocycles. The lowest BCUT2D eigenvalue weighted by molar-refractivity contribution is 0.000668. The van der Waals surface area contributed by atoms with Crippen LogP contribution in [0.3, 0.4) is 0 Å². The number of ether oxygens (including phenoxy) is 1. The van der Waals surface area contributed by atoms with E-state index in [1.54, 1.807) is 11.3 Å². The fraction of sp³-hybridized carbons (Fsp3) is 0.667. The molecule has 0 saturated carbocycles. The number of rotatable bonds is 2. The lowest BCUT2D eigenvalue weighted by Gasteiger charge is -2.40. The Balaban J connectivity index is 1.88. The summed E-state index contributed by atoms with van der Waals surface area (Å²) < 4.78 is 6.61. The number of halogens is 1. The zero-order valence-electron chi connectivity index (χ0n) is 13.1. The molecule has 1 unspecified atom stereocenters. The van der Waals surface area contributed by atoms with Gasteiger partial charge in [-0.05, 0) is 49.7 Å². The molecular weight excluding hydrogens is 352 g/mol. The van der Waals surface area contributed by atoms with E-state index < -0.39 is 5.60 Å². The molecule has 4 nitrogen and oxygen atoms in total. The van der Waals surface area contributed by atoms with Crippen molar-refractivity contribution in [3.63, 3.8) is 0 Å². The third-order valence-corrected chi connectivity index (χ3v) is 5.02. The SMILES string of the molecule is CC1CN(Cc2cc(Br)cs2)CCN1C(=O)OC(C)(C)C. The molecule has 1 atom stereocenters. The summed E-state index contributed by atoms with van der Waals surface area (Å²) in [5.74, 6) is 0. The molecule has 118 valence electrons. The van der Waals surface area contributed by atoms with Crippen LogP contribution in [0.1, 0.15) is 32.6 Å². The fourth-order valence-electron chi connectivity index (χ4n) is 2.43. The van der Waals surface area contributed by atoms with E-state index in [4.69, 9.17) is 4.74 Å². The van der Waals surface area contributed by atoms with Crippen molar-refractivity contribution in [2.75, 3.05) is 19.6 Å². The molecule has 21 heavy (non-hydrogen) atoms. The number of thiophene rings is 1. The van der Waals surface area contributed by atoms with Crippen molar-refractivity contribution in [3.05, 3.63) is 20.8 Å². The standard InChI is InChI=1S/C15H23BrN2O2S/c1-11-8-17(9-13-7-12(16)10-21-13)5-6-18(11)14(19)20-15(2,3)4/h7,10-11H,5-6,8-9H2,1-4H3. The summed E-state index contributed by atoms with van der Waals surface area (Å²) in [5.41, 5.74) is -0.433. The van der Waals surface area contributed by atoms with E-state index >= 15 is 0 Å². The van der Waals surface area contributed by atoms with Crippen LogP contribution >= 0.6 is 27.3 Å². The molecular formula is C15H23BrN2O2S. The normalized spacial score (nSPS) is 20.6. The number of piperazine rings is 1. The molecule has 1 fully saturated rings. The van der Waals surface area contributed by atoms with Crippen LogP contribution in [0.4, 0.5) is 4.79 Å². The van der Waals surface area contributed by atoms with E-state index in [9.17, 15) is 4.79 Å². The second-order valence-corrected chi connectivity index (χ2v) is 8.40. The summed E-state index contributed by atoms with van der Waals surface area (Å²) in [4.78, 5) is 17.8. The Morgan fingerprint density at radius 1 is 1.48 bits per heavy atom. The van der Waals surface area contributed by atoms with Gasteiger partial charge in [0, 0.05) is 47.0 Å². The molecule has 0 radical (unpaired) electrons. The Kier molecular flexibility index (Phi) is 5.33. The quantitative estimate of drug-likeness (QED) is 0.785. The Hall–Kier alpha value is -0.590. The van der Waals surface area contributed by atoms with E-state index in [1.807, 2.05) is 25.7 Å². The first kappa shape index (κ1) is 16.8. The van der Waals surface area contributed by atoms with Gasteiger partial charge in [-0.25, -0.2) is 4.79 Å². The second-order valence-electron chi connectivity index (χ2n) is 6.49. The van der Waals surface area contributed by atoms with Gasteiger partial charge in [0.2, 0.25) is 0 Å². The molecule has 1 amide bonds. The Morgan fingerprint density at radius 3 is 2.71 bits per heavy atom. The predicted molar refractivity (Wildman–Crippen MR) is 89.7 cm³/mol. The van der Waals surface area contributed by atoms with Gasteiger partial charge in [-0.1, -0.05) is 0 Å². The molecule has 0 aliphatic carbocycles. The average Bonchev–Trinajstić information content (AvgIpc) is 2.72. The zero-order valence-corrected chi connectivity index (χ0v) is 15.5. The number of hydrogen-bond donors (Lipinski definition) is 0. The zero-order chi connectivity index (χ0) is 15.6. The van der Waals surface area contributed by atoms with Crippen LogP contribution in [0.2, 0.25) is 0 Å². The smallest absolute Gasteiger partial charge is 0.410 e. The molecule has 2 rings (SSSR count). The highest BCUT2D eigenvalue weighted by Crippen LogP contribution is 2.23. The number of nitrogens with zero attached hydrogens (tertiary/aromatic N) is 2.